The summed E-state index contributed by atoms with van der Waals surface area (Å²) in [6.07, 6.45) is 0.519. The largest absolute Gasteiger partial charge is 0.325 e. The van der Waals surface area contributed by atoms with Crippen molar-refractivity contribution < 1.29 is 18.9 Å². The van der Waals surface area contributed by atoms with Crippen LogP contribution >= 0.6 is 23.1 Å². The third kappa shape index (κ3) is 5.81. The average Bonchev–Trinajstić information content (AvgIpc) is 3.24. The standard InChI is InChI=1S/C24H19FN4O4S2/c1-2-20(23(31)27-14-6-5-7-16(12-14)29(32)33)34-24-28-19-11-10-15(13-21(19)35-24)26-22(30)17-8-3-4-9-18(17)25/h3-13,20H,2H2,1H3,(H,26,30)(H,27,31). The van der Waals surface area contributed by atoms with Crippen molar-refractivity contribution in [2.24, 2.45) is 0 Å². The quantitative estimate of drug-likeness (QED) is 0.168. The van der Waals surface area contributed by atoms with Crippen LogP contribution in [0.15, 0.2) is 71.1 Å². The Morgan fingerprint density at radius 2 is 1.86 bits per heavy atom. The predicted octanol–water partition coefficient (Wildman–Crippen LogP) is 6.11. The number of hydrogen-bond donors (Lipinski definition) is 2. The number of hydrogen-bond acceptors (Lipinski definition) is 7. The summed E-state index contributed by atoms with van der Waals surface area (Å²) in [5.74, 6) is -1.43. The van der Waals surface area contributed by atoms with Crippen LogP contribution in [0.5, 0.6) is 0 Å². The molecule has 1 atom stereocenters. The molecule has 0 saturated carbocycles. The summed E-state index contributed by atoms with van der Waals surface area (Å²) >= 11 is 2.66. The van der Waals surface area contributed by atoms with Gasteiger partial charge in [-0.25, -0.2) is 9.37 Å². The van der Waals surface area contributed by atoms with Crippen molar-refractivity contribution in [2.75, 3.05) is 10.6 Å². The highest BCUT2D eigenvalue weighted by Crippen LogP contribution is 2.35. The Morgan fingerprint density at radius 3 is 2.60 bits per heavy atom. The van der Waals surface area contributed by atoms with Crippen LogP contribution in [0.1, 0.15) is 23.7 Å². The Kier molecular flexibility index (Phi) is 7.37. The summed E-state index contributed by atoms with van der Waals surface area (Å²) in [5.41, 5.74) is 1.40. The van der Waals surface area contributed by atoms with Crippen molar-refractivity contribution >= 4 is 62.2 Å². The number of aromatic nitrogens is 1. The number of anilines is 2. The lowest BCUT2D eigenvalue weighted by Gasteiger charge is -2.13. The number of fused-ring (bicyclic) bond motifs is 1. The van der Waals surface area contributed by atoms with E-state index in [4.69, 9.17) is 0 Å². The molecule has 35 heavy (non-hydrogen) atoms. The molecule has 0 aliphatic rings. The van der Waals surface area contributed by atoms with Gasteiger partial charge >= 0.3 is 0 Å². The molecule has 0 radical (unpaired) electrons. The third-order valence-electron chi connectivity index (χ3n) is 4.98. The molecule has 1 unspecified atom stereocenters. The van der Waals surface area contributed by atoms with Crippen LogP contribution in [-0.4, -0.2) is 27.0 Å². The fraction of sp³-hybridized carbons (Fsp3) is 0.125. The number of halogens is 1. The molecule has 11 heteroatoms. The van der Waals surface area contributed by atoms with Gasteiger partial charge in [0.2, 0.25) is 5.91 Å². The molecule has 0 saturated heterocycles. The first-order valence-corrected chi connectivity index (χ1v) is 12.2. The highest BCUT2D eigenvalue weighted by molar-refractivity contribution is 8.02. The van der Waals surface area contributed by atoms with Crippen molar-refractivity contribution in [3.8, 4) is 0 Å². The molecule has 178 valence electrons. The molecule has 2 N–H and O–H groups in total. The topological polar surface area (TPSA) is 114 Å². The van der Waals surface area contributed by atoms with Crippen molar-refractivity contribution in [3.05, 3.63) is 88.2 Å². The van der Waals surface area contributed by atoms with E-state index in [0.717, 1.165) is 4.70 Å². The molecule has 0 bridgehead atoms. The van der Waals surface area contributed by atoms with Gasteiger partial charge in [-0.2, -0.15) is 0 Å². The number of thioether (sulfide) groups is 1. The lowest BCUT2D eigenvalue weighted by Crippen LogP contribution is -2.24. The minimum atomic E-state index is -0.600. The lowest BCUT2D eigenvalue weighted by atomic mass is 10.2. The van der Waals surface area contributed by atoms with Gasteiger partial charge in [0.05, 0.1) is 26.0 Å². The van der Waals surface area contributed by atoms with Crippen LogP contribution in [0.4, 0.5) is 21.5 Å². The number of nitro benzene ring substituents is 1. The van der Waals surface area contributed by atoms with Crippen LogP contribution in [-0.2, 0) is 4.79 Å². The van der Waals surface area contributed by atoms with Gasteiger partial charge in [-0.3, -0.25) is 19.7 Å². The first-order valence-electron chi connectivity index (χ1n) is 10.5. The first kappa shape index (κ1) is 24.3. The van der Waals surface area contributed by atoms with Crippen LogP contribution < -0.4 is 10.6 Å². The molecular weight excluding hydrogens is 491 g/mol. The number of rotatable bonds is 8. The fourth-order valence-corrected chi connectivity index (χ4v) is 5.51. The number of carbonyl (C=O) groups excluding carboxylic acids is 2. The van der Waals surface area contributed by atoms with E-state index in [2.05, 4.69) is 15.6 Å². The maximum atomic E-state index is 13.9. The number of nitrogens with zero attached hydrogens (tertiary/aromatic N) is 2. The van der Waals surface area contributed by atoms with Crippen LogP contribution in [0.2, 0.25) is 0 Å². The van der Waals surface area contributed by atoms with Gasteiger partial charge in [-0.15, -0.1) is 11.3 Å². The molecule has 0 aliphatic carbocycles. The average molecular weight is 511 g/mol. The van der Waals surface area contributed by atoms with Gasteiger partial charge in [-0.1, -0.05) is 36.9 Å². The van der Waals surface area contributed by atoms with E-state index in [1.54, 1.807) is 30.3 Å². The Morgan fingerprint density at radius 1 is 1.09 bits per heavy atom. The van der Waals surface area contributed by atoms with E-state index < -0.39 is 21.9 Å². The number of nitrogens with one attached hydrogen (secondary N) is 2. The minimum absolute atomic E-state index is 0.0475. The number of non-ortho nitro benzene ring substituents is 1. The van der Waals surface area contributed by atoms with Gasteiger partial charge in [0.15, 0.2) is 4.34 Å². The highest BCUT2D eigenvalue weighted by atomic mass is 32.2. The Hall–Kier alpha value is -3.83. The maximum absolute atomic E-state index is 13.9. The Balaban J connectivity index is 1.46. The van der Waals surface area contributed by atoms with Crippen molar-refractivity contribution in [2.45, 2.75) is 22.9 Å². The Labute approximate surface area is 207 Å². The van der Waals surface area contributed by atoms with E-state index in [0.29, 0.717) is 27.7 Å². The monoisotopic (exact) mass is 510 g/mol. The summed E-state index contributed by atoms with van der Waals surface area (Å²) < 4.78 is 15.3. The fourth-order valence-electron chi connectivity index (χ4n) is 3.24. The second-order valence-electron chi connectivity index (χ2n) is 7.41. The van der Waals surface area contributed by atoms with Crippen LogP contribution in [0.25, 0.3) is 10.2 Å². The summed E-state index contributed by atoms with van der Waals surface area (Å²) in [4.78, 5) is 40.2. The predicted molar refractivity (Wildman–Crippen MR) is 136 cm³/mol. The van der Waals surface area contributed by atoms with E-state index in [9.17, 15) is 24.1 Å². The van der Waals surface area contributed by atoms with Gasteiger partial charge in [0.1, 0.15) is 5.82 Å². The molecule has 0 fully saturated rings. The molecule has 2 amide bonds. The highest BCUT2D eigenvalue weighted by Gasteiger charge is 2.21. The van der Waals surface area contributed by atoms with Gasteiger partial charge in [0.25, 0.3) is 11.6 Å². The molecular formula is C24H19FN4O4S2. The third-order valence-corrected chi connectivity index (χ3v) is 7.45. The normalized spacial score (nSPS) is 11.7. The zero-order chi connectivity index (χ0) is 24.9. The maximum Gasteiger partial charge on any atom is 0.271 e. The van der Waals surface area contributed by atoms with E-state index >= 15 is 0 Å². The van der Waals surface area contributed by atoms with Crippen LogP contribution in [0, 0.1) is 15.9 Å². The van der Waals surface area contributed by atoms with Crippen molar-refractivity contribution in [3.63, 3.8) is 0 Å². The van der Waals surface area contributed by atoms with Gasteiger partial charge in [0, 0.05) is 23.5 Å². The molecule has 1 heterocycles. The van der Waals surface area contributed by atoms with E-state index in [1.165, 1.54) is 59.5 Å². The second-order valence-corrected chi connectivity index (χ2v) is 9.89. The van der Waals surface area contributed by atoms with Gasteiger partial charge < -0.3 is 10.6 Å². The van der Waals surface area contributed by atoms with E-state index in [1.807, 2.05) is 6.92 Å². The molecule has 0 spiro atoms. The lowest BCUT2D eigenvalue weighted by molar-refractivity contribution is -0.384. The number of amides is 2. The van der Waals surface area contributed by atoms with Crippen LogP contribution in [0.3, 0.4) is 0 Å². The Bertz CT molecular complexity index is 1430. The van der Waals surface area contributed by atoms with E-state index in [-0.39, 0.29) is 17.2 Å². The summed E-state index contributed by atoms with van der Waals surface area (Å²) in [7, 11) is 0. The number of thiazole rings is 1. The summed E-state index contributed by atoms with van der Waals surface area (Å²) in [6.45, 7) is 1.87. The summed E-state index contributed by atoms with van der Waals surface area (Å²) in [5, 5.41) is 15.9. The minimum Gasteiger partial charge on any atom is -0.325 e. The molecule has 8 nitrogen and oxygen atoms in total. The van der Waals surface area contributed by atoms with Crippen molar-refractivity contribution in [1.29, 1.82) is 0 Å². The molecule has 4 aromatic rings. The number of carbonyl (C=O) groups is 2. The number of nitro groups is 1. The molecule has 4 rings (SSSR count). The second kappa shape index (κ2) is 10.6. The smallest absolute Gasteiger partial charge is 0.271 e. The van der Waals surface area contributed by atoms with Gasteiger partial charge in [-0.05, 0) is 42.8 Å². The first-order chi connectivity index (χ1) is 16.8. The summed E-state index contributed by atoms with van der Waals surface area (Å²) in [6, 6.07) is 16.7. The zero-order valence-corrected chi connectivity index (χ0v) is 20.0. The molecule has 0 aliphatic heterocycles. The zero-order valence-electron chi connectivity index (χ0n) is 18.4. The molecule has 1 aromatic heterocycles. The SMILES string of the molecule is CCC(Sc1nc2ccc(NC(=O)c3ccccc3F)cc2s1)C(=O)Nc1cccc([N+](=O)[O-])c1. The van der Waals surface area contributed by atoms with Crippen molar-refractivity contribution in [1.82, 2.24) is 4.98 Å². The molecule has 3 aromatic carbocycles. The number of benzene rings is 3.